The lowest BCUT2D eigenvalue weighted by Gasteiger charge is -2.32. The summed E-state index contributed by atoms with van der Waals surface area (Å²) < 4.78 is 11.1. The zero-order chi connectivity index (χ0) is 15.1. The number of ether oxygens (including phenoxy) is 2. The molecule has 1 N–H and O–H groups in total. The van der Waals surface area contributed by atoms with E-state index in [1.165, 1.54) is 37.7 Å². The molecule has 1 aromatic rings. The summed E-state index contributed by atoms with van der Waals surface area (Å²) in [5, 5.41) is 3.75. The van der Waals surface area contributed by atoms with E-state index in [1.807, 2.05) is 6.07 Å². The van der Waals surface area contributed by atoms with E-state index in [-0.39, 0.29) is 0 Å². The van der Waals surface area contributed by atoms with Crippen LogP contribution < -0.4 is 14.8 Å². The third kappa shape index (κ3) is 3.91. The largest absolute Gasteiger partial charge is 0.493 e. The molecule has 21 heavy (non-hydrogen) atoms. The molecule has 1 aliphatic carbocycles. The first kappa shape index (κ1) is 16.2. The molecule has 0 spiro atoms. The lowest BCUT2D eigenvalue weighted by atomic mass is 9.80. The predicted molar refractivity (Wildman–Crippen MR) is 87.2 cm³/mol. The van der Waals surface area contributed by atoms with Crippen LogP contribution in [-0.4, -0.2) is 20.8 Å². The van der Waals surface area contributed by atoms with Gasteiger partial charge in [0.05, 0.1) is 14.2 Å². The summed E-state index contributed by atoms with van der Waals surface area (Å²) >= 11 is 0. The smallest absolute Gasteiger partial charge is 0.165 e. The SMILES string of the molecule is CCCNC(c1cccc(OC)c1OC)C1CCCCC1. The van der Waals surface area contributed by atoms with Crippen LogP contribution in [0.3, 0.4) is 0 Å². The number of rotatable bonds is 7. The van der Waals surface area contributed by atoms with Gasteiger partial charge in [-0.05, 0) is 37.8 Å². The standard InChI is InChI=1S/C18H29NO2/c1-4-13-19-17(14-9-6-5-7-10-14)15-11-8-12-16(20-2)18(15)21-3/h8,11-12,14,17,19H,4-7,9-10,13H2,1-3H3. The van der Waals surface area contributed by atoms with Crippen LogP contribution in [0.15, 0.2) is 18.2 Å². The number of hydrogen-bond donors (Lipinski definition) is 1. The van der Waals surface area contributed by atoms with Crippen molar-refractivity contribution in [2.45, 2.75) is 51.5 Å². The second-order valence-electron chi connectivity index (χ2n) is 5.91. The first-order chi connectivity index (χ1) is 10.3. The summed E-state index contributed by atoms with van der Waals surface area (Å²) in [6.45, 7) is 3.26. The monoisotopic (exact) mass is 291 g/mol. The predicted octanol–water partition coefficient (Wildman–Crippen LogP) is 4.32. The topological polar surface area (TPSA) is 30.5 Å². The number of para-hydroxylation sites is 1. The van der Waals surface area contributed by atoms with Crippen LogP contribution in [0.4, 0.5) is 0 Å². The van der Waals surface area contributed by atoms with Crippen molar-refractivity contribution in [2.24, 2.45) is 5.92 Å². The Hall–Kier alpha value is -1.22. The Kier molecular flexibility index (Phi) is 6.37. The Labute approximate surface area is 129 Å². The molecule has 0 radical (unpaired) electrons. The molecule has 2 rings (SSSR count). The van der Waals surface area contributed by atoms with Crippen molar-refractivity contribution in [3.8, 4) is 11.5 Å². The van der Waals surface area contributed by atoms with Crippen molar-refractivity contribution in [1.29, 1.82) is 0 Å². The van der Waals surface area contributed by atoms with Gasteiger partial charge in [-0.1, -0.05) is 38.3 Å². The zero-order valence-corrected chi connectivity index (χ0v) is 13.7. The van der Waals surface area contributed by atoms with Gasteiger partial charge in [0.1, 0.15) is 0 Å². The van der Waals surface area contributed by atoms with Crippen LogP contribution in [0.5, 0.6) is 11.5 Å². The highest BCUT2D eigenvalue weighted by Crippen LogP contribution is 2.41. The molecule has 1 atom stereocenters. The van der Waals surface area contributed by atoms with Gasteiger partial charge in [-0.3, -0.25) is 0 Å². The summed E-state index contributed by atoms with van der Waals surface area (Å²) in [6.07, 6.45) is 7.84. The third-order valence-electron chi connectivity index (χ3n) is 4.50. The third-order valence-corrected chi connectivity index (χ3v) is 4.50. The molecule has 1 aromatic carbocycles. The highest BCUT2D eigenvalue weighted by molar-refractivity contribution is 5.48. The van der Waals surface area contributed by atoms with E-state index >= 15 is 0 Å². The molecule has 3 heteroatoms. The van der Waals surface area contributed by atoms with Gasteiger partial charge in [-0.25, -0.2) is 0 Å². The second kappa shape index (κ2) is 8.28. The zero-order valence-electron chi connectivity index (χ0n) is 13.7. The van der Waals surface area contributed by atoms with Crippen molar-refractivity contribution in [3.63, 3.8) is 0 Å². The maximum atomic E-state index is 5.65. The molecule has 1 unspecified atom stereocenters. The van der Waals surface area contributed by atoms with Crippen LogP contribution in [0.2, 0.25) is 0 Å². The van der Waals surface area contributed by atoms with Crippen molar-refractivity contribution >= 4 is 0 Å². The fourth-order valence-electron chi connectivity index (χ4n) is 3.45. The number of methoxy groups -OCH3 is 2. The maximum Gasteiger partial charge on any atom is 0.165 e. The van der Waals surface area contributed by atoms with E-state index in [0.29, 0.717) is 12.0 Å². The van der Waals surface area contributed by atoms with Gasteiger partial charge in [0.2, 0.25) is 0 Å². The Morgan fingerprint density at radius 2 is 1.90 bits per heavy atom. The molecule has 0 bridgehead atoms. The van der Waals surface area contributed by atoms with Gasteiger partial charge < -0.3 is 14.8 Å². The normalized spacial score (nSPS) is 17.5. The van der Waals surface area contributed by atoms with Gasteiger partial charge in [0.15, 0.2) is 11.5 Å². The first-order valence-corrected chi connectivity index (χ1v) is 8.26. The molecule has 1 saturated carbocycles. The number of benzene rings is 1. The molecule has 1 aliphatic rings. The van der Waals surface area contributed by atoms with E-state index in [0.717, 1.165) is 24.5 Å². The van der Waals surface area contributed by atoms with Crippen molar-refractivity contribution in [2.75, 3.05) is 20.8 Å². The number of nitrogens with one attached hydrogen (secondary N) is 1. The van der Waals surface area contributed by atoms with Gasteiger partial charge >= 0.3 is 0 Å². The molecule has 0 heterocycles. The van der Waals surface area contributed by atoms with Crippen LogP contribution in [0.1, 0.15) is 57.1 Å². The average molecular weight is 291 g/mol. The Balaban J connectivity index is 2.30. The summed E-state index contributed by atoms with van der Waals surface area (Å²) in [4.78, 5) is 0. The quantitative estimate of drug-likeness (QED) is 0.811. The van der Waals surface area contributed by atoms with Crippen LogP contribution in [0.25, 0.3) is 0 Å². The Morgan fingerprint density at radius 3 is 2.52 bits per heavy atom. The van der Waals surface area contributed by atoms with Gasteiger partial charge in [-0.15, -0.1) is 0 Å². The van der Waals surface area contributed by atoms with E-state index in [1.54, 1.807) is 14.2 Å². The van der Waals surface area contributed by atoms with E-state index in [2.05, 4.69) is 24.4 Å². The van der Waals surface area contributed by atoms with Gasteiger partial charge in [0.25, 0.3) is 0 Å². The molecular weight excluding hydrogens is 262 g/mol. The van der Waals surface area contributed by atoms with E-state index < -0.39 is 0 Å². The molecule has 0 aromatic heterocycles. The summed E-state index contributed by atoms with van der Waals surface area (Å²) in [5.74, 6) is 2.42. The van der Waals surface area contributed by atoms with Crippen molar-refractivity contribution in [1.82, 2.24) is 5.32 Å². The molecule has 118 valence electrons. The fourth-order valence-corrected chi connectivity index (χ4v) is 3.45. The molecule has 0 saturated heterocycles. The van der Waals surface area contributed by atoms with Crippen LogP contribution in [-0.2, 0) is 0 Å². The van der Waals surface area contributed by atoms with Gasteiger partial charge in [0, 0.05) is 11.6 Å². The lowest BCUT2D eigenvalue weighted by Crippen LogP contribution is -2.30. The van der Waals surface area contributed by atoms with Crippen LogP contribution >= 0.6 is 0 Å². The Bertz CT molecular complexity index is 427. The Morgan fingerprint density at radius 1 is 1.14 bits per heavy atom. The van der Waals surface area contributed by atoms with E-state index in [4.69, 9.17) is 9.47 Å². The number of hydrogen-bond acceptors (Lipinski definition) is 3. The molecule has 0 amide bonds. The maximum absolute atomic E-state index is 5.65. The van der Waals surface area contributed by atoms with Crippen molar-refractivity contribution < 1.29 is 9.47 Å². The minimum atomic E-state index is 0.371. The highest BCUT2D eigenvalue weighted by atomic mass is 16.5. The highest BCUT2D eigenvalue weighted by Gasteiger charge is 2.27. The van der Waals surface area contributed by atoms with Crippen molar-refractivity contribution in [3.05, 3.63) is 23.8 Å². The molecule has 3 nitrogen and oxygen atoms in total. The summed E-state index contributed by atoms with van der Waals surface area (Å²) in [7, 11) is 3.44. The fraction of sp³-hybridized carbons (Fsp3) is 0.667. The first-order valence-electron chi connectivity index (χ1n) is 8.26. The molecule has 0 aliphatic heterocycles. The summed E-state index contributed by atoms with van der Waals surface area (Å²) in [6, 6.07) is 6.60. The second-order valence-corrected chi connectivity index (χ2v) is 5.91. The minimum Gasteiger partial charge on any atom is -0.493 e. The van der Waals surface area contributed by atoms with Gasteiger partial charge in [-0.2, -0.15) is 0 Å². The van der Waals surface area contributed by atoms with Crippen LogP contribution in [0, 0.1) is 5.92 Å². The minimum absolute atomic E-state index is 0.371. The average Bonchev–Trinajstić information content (AvgIpc) is 2.55. The lowest BCUT2D eigenvalue weighted by molar-refractivity contribution is 0.263. The molecular formula is C18H29NO2. The van der Waals surface area contributed by atoms with E-state index in [9.17, 15) is 0 Å². The summed E-state index contributed by atoms with van der Waals surface area (Å²) in [5.41, 5.74) is 1.25. The molecule has 1 fully saturated rings.